The lowest BCUT2D eigenvalue weighted by Gasteiger charge is -2.38. The predicted octanol–water partition coefficient (Wildman–Crippen LogP) is 2.68. The highest BCUT2D eigenvalue weighted by Crippen LogP contribution is 2.32. The quantitative estimate of drug-likeness (QED) is 0.502. The normalized spacial score (nSPS) is 21.2. The third-order valence-electron chi connectivity index (χ3n) is 7.15. The summed E-state index contributed by atoms with van der Waals surface area (Å²) in [7, 11) is 0. The van der Waals surface area contributed by atoms with E-state index in [2.05, 4.69) is 16.0 Å². The standard InChI is InChI=1S/C27H36N4O6/c1-26(2,3)37-25(36)30-27(11-5-4-6-12-27)14-22(33)28-15-17-7-8-19-18(13-17)16-31(24(19)35)20-9-10-21(32)29-23(20)34/h7-8,13,20H,4-6,9-12,14-16H2,1-3H3,(H,28,33)(H,30,36)(H,29,32,34). The smallest absolute Gasteiger partial charge is 0.408 e. The molecule has 1 saturated heterocycles. The van der Waals surface area contributed by atoms with E-state index in [0.29, 0.717) is 12.0 Å². The van der Waals surface area contributed by atoms with Gasteiger partial charge in [-0.15, -0.1) is 0 Å². The second kappa shape index (κ2) is 10.5. The number of hydrogen-bond donors (Lipinski definition) is 3. The first-order valence-electron chi connectivity index (χ1n) is 13.0. The van der Waals surface area contributed by atoms with Gasteiger partial charge in [0, 0.05) is 31.5 Å². The van der Waals surface area contributed by atoms with Gasteiger partial charge in [-0.1, -0.05) is 31.4 Å². The van der Waals surface area contributed by atoms with E-state index >= 15 is 0 Å². The van der Waals surface area contributed by atoms with Crippen LogP contribution in [0.3, 0.4) is 0 Å². The first kappa shape index (κ1) is 26.6. The van der Waals surface area contributed by atoms with Gasteiger partial charge in [0.1, 0.15) is 11.6 Å². The first-order chi connectivity index (χ1) is 17.4. The van der Waals surface area contributed by atoms with Crippen LogP contribution in [-0.4, -0.2) is 51.8 Å². The molecule has 3 aliphatic rings. The largest absolute Gasteiger partial charge is 0.444 e. The maximum atomic E-state index is 12.9. The Morgan fingerprint density at radius 1 is 1.14 bits per heavy atom. The number of nitrogens with zero attached hydrogens (tertiary/aromatic N) is 1. The zero-order chi connectivity index (χ0) is 26.8. The first-order valence-corrected chi connectivity index (χ1v) is 13.0. The second-order valence-electron chi connectivity index (χ2n) is 11.3. The summed E-state index contributed by atoms with van der Waals surface area (Å²) in [5.41, 5.74) is 0.907. The highest BCUT2D eigenvalue weighted by Gasteiger charge is 2.39. The molecule has 2 heterocycles. The fourth-order valence-corrected chi connectivity index (χ4v) is 5.40. The van der Waals surface area contributed by atoms with E-state index in [1.165, 1.54) is 4.90 Å². The van der Waals surface area contributed by atoms with E-state index in [9.17, 15) is 24.0 Å². The minimum atomic E-state index is -0.662. The van der Waals surface area contributed by atoms with Gasteiger partial charge in [0.25, 0.3) is 5.91 Å². The van der Waals surface area contributed by atoms with Crippen LogP contribution in [0.2, 0.25) is 0 Å². The summed E-state index contributed by atoms with van der Waals surface area (Å²) in [5, 5.41) is 8.23. The fraction of sp³-hybridized carbons (Fsp3) is 0.593. The zero-order valence-electron chi connectivity index (χ0n) is 21.8. The molecule has 0 spiro atoms. The Bertz CT molecular complexity index is 1100. The third-order valence-corrected chi connectivity index (χ3v) is 7.15. The van der Waals surface area contributed by atoms with Crippen LogP contribution >= 0.6 is 0 Å². The average molecular weight is 513 g/mol. The van der Waals surface area contributed by atoms with Gasteiger partial charge in [-0.05, 0) is 57.2 Å². The molecule has 10 nitrogen and oxygen atoms in total. The molecule has 200 valence electrons. The highest BCUT2D eigenvalue weighted by atomic mass is 16.6. The molecule has 3 N–H and O–H groups in total. The van der Waals surface area contributed by atoms with E-state index in [4.69, 9.17) is 4.74 Å². The predicted molar refractivity (Wildman–Crippen MR) is 134 cm³/mol. The summed E-state index contributed by atoms with van der Waals surface area (Å²) >= 11 is 0. The van der Waals surface area contributed by atoms with Crippen LogP contribution in [0.25, 0.3) is 0 Å². The number of amides is 5. The molecule has 2 aliphatic heterocycles. The van der Waals surface area contributed by atoms with Crippen LogP contribution in [0.15, 0.2) is 18.2 Å². The maximum Gasteiger partial charge on any atom is 0.408 e. The van der Waals surface area contributed by atoms with E-state index in [1.807, 2.05) is 6.07 Å². The number of ether oxygens (including phenoxy) is 1. The Hall–Kier alpha value is -3.43. The Kier molecular flexibility index (Phi) is 7.57. The number of piperidine rings is 1. The summed E-state index contributed by atoms with van der Waals surface area (Å²) in [6.45, 7) is 5.98. The van der Waals surface area contributed by atoms with Gasteiger partial charge < -0.3 is 20.3 Å². The number of carbonyl (C=O) groups is 5. The molecule has 5 amide bonds. The molecule has 1 atom stereocenters. The van der Waals surface area contributed by atoms with Crippen molar-refractivity contribution in [2.75, 3.05) is 0 Å². The average Bonchev–Trinajstić information content (AvgIpc) is 3.12. The minimum absolute atomic E-state index is 0.166. The Labute approximate surface area is 216 Å². The van der Waals surface area contributed by atoms with Crippen molar-refractivity contribution in [1.29, 1.82) is 0 Å². The van der Waals surface area contributed by atoms with Crippen LogP contribution in [-0.2, 0) is 32.2 Å². The molecule has 1 aromatic carbocycles. The van der Waals surface area contributed by atoms with Crippen molar-refractivity contribution in [1.82, 2.24) is 20.9 Å². The molecule has 1 aliphatic carbocycles. The van der Waals surface area contributed by atoms with Gasteiger partial charge in [0.05, 0.1) is 5.54 Å². The van der Waals surface area contributed by atoms with Crippen molar-refractivity contribution >= 4 is 29.7 Å². The number of rotatable bonds is 6. The second-order valence-corrected chi connectivity index (χ2v) is 11.3. The lowest BCUT2D eigenvalue weighted by Crippen LogP contribution is -2.53. The summed E-state index contributed by atoms with van der Waals surface area (Å²) in [6.07, 6.45) is 4.56. The molecule has 37 heavy (non-hydrogen) atoms. The summed E-state index contributed by atoms with van der Waals surface area (Å²) in [6, 6.07) is 4.72. The van der Waals surface area contributed by atoms with Crippen LogP contribution in [0.1, 0.15) is 93.6 Å². The zero-order valence-corrected chi connectivity index (χ0v) is 21.8. The van der Waals surface area contributed by atoms with Crippen LogP contribution < -0.4 is 16.0 Å². The number of hydrogen-bond acceptors (Lipinski definition) is 6. The summed E-state index contributed by atoms with van der Waals surface area (Å²) < 4.78 is 5.44. The van der Waals surface area contributed by atoms with Crippen molar-refractivity contribution in [2.24, 2.45) is 0 Å². The maximum absolute atomic E-state index is 12.9. The van der Waals surface area contributed by atoms with Gasteiger partial charge in [-0.2, -0.15) is 0 Å². The number of alkyl carbamates (subject to hydrolysis) is 1. The Morgan fingerprint density at radius 3 is 2.54 bits per heavy atom. The molecule has 1 aromatic rings. The van der Waals surface area contributed by atoms with Crippen molar-refractivity contribution in [3.05, 3.63) is 34.9 Å². The van der Waals surface area contributed by atoms with Crippen molar-refractivity contribution in [3.8, 4) is 0 Å². The van der Waals surface area contributed by atoms with Gasteiger partial charge >= 0.3 is 6.09 Å². The SMILES string of the molecule is CC(C)(C)OC(=O)NC1(CC(=O)NCc2ccc3c(c2)CN(C2CCC(=O)NC2=O)C3=O)CCCCC1. The molecule has 1 saturated carbocycles. The summed E-state index contributed by atoms with van der Waals surface area (Å²) in [4.78, 5) is 63.5. The number of benzene rings is 1. The third kappa shape index (κ3) is 6.47. The molecule has 0 radical (unpaired) electrons. The number of imide groups is 1. The number of fused-ring (bicyclic) bond motifs is 1. The van der Waals surface area contributed by atoms with Crippen LogP contribution in [0.4, 0.5) is 4.79 Å². The fourth-order valence-electron chi connectivity index (χ4n) is 5.40. The van der Waals surface area contributed by atoms with Gasteiger partial charge in [-0.25, -0.2) is 4.79 Å². The molecule has 4 rings (SSSR count). The molecule has 0 bridgehead atoms. The van der Waals surface area contributed by atoms with Crippen molar-refractivity contribution < 1.29 is 28.7 Å². The molecular formula is C27H36N4O6. The monoisotopic (exact) mass is 512 g/mol. The molecule has 2 fully saturated rings. The topological polar surface area (TPSA) is 134 Å². The van der Waals surface area contributed by atoms with E-state index in [-0.39, 0.29) is 43.7 Å². The van der Waals surface area contributed by atoms with E-state index in [0.717, 1.165) is 43.2 Å². The molecule has 0 aromatic heterocycles. The van der Waals surface area contributed by atoms with Crippen LogP contribution in [0.5, 0.6) is 0 Å². The highest BCUT2D eigenvalue weighted by molar-refractivity contribution is 6.05. The number of carbonyl (C=O) groups excluding carboxylic acids is 5. The molecule has 1 unspecified atom stereocenters. The Balaban J connectivity index is 1.36. The number of nitrogens with one attached hydrogen (secondary N) is 3. The van der Waals surface area contributed by atoms with Crippen LogP contribution in [0, 0.1) is 0 Å². The lowest BCUT2D eigenvalue weighted by molar-refractivity contribution is -0.137. The summed E-state index contributed by atoms with van der Waals surface area (Å²) in [5.74, 6) is -1.16. The van der Waals surface area contributed by atoms with Crippen molar-refractivity contribution in [2.45, 2.75) is 102 Å². The van der Waals surface area contributed by atoms with Crippen molar-refractivity contribution in [3.63, 3.8) is 0 Å². The van der Waals surface area contributed by atoms with E-state index < -0.39 is 29.2 Å². The molecular weight excluding hydrogens is 476 g/mol. The Morgan fingerprint density at radius 2 is 1.86 bits per heavy atom. The molecule has 10 heteroatoms. The minimum Gasteiger partial charge on any atom is -0.444 e. The van der Waals surface area contributed by atoms with Gasteiger partial charge in [0.15, 0.2) is 0 Å². The van der Waals surface area contributed by atoms with Gasteiger partial charge in [-0.3, -0.25) is 24.5 Å². The van der Waals surface area contributed by atoms with Gasteiger partial charge in [0.2, 0.25) is 17.7 Å². The lowest BCUT2D eigenvalue weighted by atomic mass is 9.79. The van der Waals surface area contributed by atoms with E-state index in [1.54, 1.807) is 32.9 Å².